The Morgan fingerprint density at radius 3 is 2.84 bits per heavy atom. The molecule has 0 unspecified atom stereocenters. The van der Waals surface area contributed by atoms with Crippen LogP contribution in [0.2, 0.25) is 4.47 Å². The Balaban J connectivity index is 1.96. The maximum Gasteiger partial charge on any atom is 0.183 e. The van der Waals surface area contributed by atoms with Gasteiger partial charge in [-0.25, -0.2) is 4.98 Å². The smallest absolute Gasteiger partial charge is 0.183 e. The van der Waals surface area contributed by atoms with Crippen LogP contribution in [-0.4, -0.2) is 4.98 Å². The first-order valence-corrected chi connectivity index (χ1v) is 7.82. The van der Waals surface area contributed by atoms with E-state index in [-0.39, 0.29) is 0 Å². The molecule has 19 heavy (non-hydrogen) atoms. The molecule has 0 aliphatic heterocycles. The third kappa shape index (κ3) is 4.22. The predicted molar refractivity (Wildman–Crippen MR) is 84.2 cm³/mol. The molecule has 0 spiro atoms. The number of nitrogens with one attached hydrogen (secondary N) is 1. The zero-order chi connectivity index (χ0) is 13.7. The fourth-order valence-corrected chi connectivity index (χ4v) is 2.93. The highest BCUT2D eigenvalue weighted by molar-refractivity contribution is 7.15. The summed E-state index contributed by atoms with van der Waals surface area (Å²) in [6.45, 7) is 5.15. The predicted octanol–water partition coefficient (Wildman–Crippen LogP) is 5.06. The van der Waals surface area contributed by atoms with Crippen molar-refractivity contribution in [1.29, 1.82) is 0 Å². The largest absolute Gasteiger partial charge is 0.380 e. The van der Waals surface area contributed by atoms with Crippen LogP contribution in [0.15, 0.2) is 24.4 Å². The summed E-state index contributed by atoms with van der Waals surface area (Å²) in [5, 5.41) is 3.44. The summed E-state index contributed by atoms with van der Waals surface area (Å²) in [4.78, 5) is 5.20. The van der Waals surface area contributed by atoms with E-state index < -0.39 is 0 Å². The number of halogens is 1. The number of aromatic nitrogens is 1. The average molecular weight is 295 g/mol. The van der Waals surface area contributed by atoms with Crippen LogP contribution in [0.3, 0.4) is 0 Å². The van der Waals surface area contributed by atoms with E-state index in [9.17, 15) is 0 Å². The number of nitrogens with zero attached hydrogens (tertiary/aromatic N) is 1. The lowest BCUT2D eigenvalue weighted by molar-refractivity contribution is 0.794. The fraction of sp³-hybridized carbons (Fsp3) is 0.400. The molecule has 0 saturated heterocycles. The second kappa shape index (κ2) is 6.92. The van der Waals surface area contributed by atoms with E-state index in [2.05, 4.69) is 42.3 Å². The van der Waals surface area contributed by atoms with Crippen molar-refractivity contribution in [3.8, 4) is 0 Å². The zero-order valence-electron chi connectivity index (χ0n) is 11.4. The van der Waals surface area contributed by atoms with Gasteiger partial charge in [0, 0.05) is 16.8 Å². The molecular weight excluding hydrogens is 276 g/mol. The molecule has 2 aromatic rings. The zero-order valence-corrected chi connectivity index (χ0v) is 12.9. The van der Waals surface area contributed by atoms with Crippen molar-refractivity contribution in [2.45, 2.75) is 39.7 Å². The summed E-state index contributed by atoms with van der Waals surface area (Å²) >= 11 is 7.34. The van der Waals surface area contributed by atoms with Crippen molar-refractivity contribution >= 4 is 28.6 Å². The number of hydrogen-bond acceptors (Lipinski definition) is 3. The molecular formula is C15H19ClN2S. The van der Waals surface area contributed by atoms with E-state index in [1.54, 1.807) is 0 Å². The van der Waals surface area contributed by atoms with E-state index in [1.807, 2.05) is 6.20 Å². The first-order valence-electron chi connectivity index (χ1n) is 6.62. The Morgan fingerprint density at radius 2 is 2.21 bits per heavy atom. The molecule has 0 aliphatic rings. The third-order valence-corrected chi connectivity index (χ3v) is 4.20. The quantitative estimate of drug-likeness (QED) is 0.805. The highest BCUT2D eigenvalue weighted by Gasteiger charge is 2.02. The molecule has 102 valence electrons. The normalized spacial score (nSPS) is 10.7. The molecule has 0 bridgehead atoms. The SMILES string of the molecule is CCCCc1ccc(NCc2cnc(Cl)s2)c(C)c1. The van der Waals surface area contributed by atoms with Gasteiger partial charge in [0.2, 0.25) is 0 Å². The van der Waals surface area contributed by atoms with Crippen LogP contribution in [0.25, 0.3) is 0 Å². The Morgan fingerprint density at radius 1 is 1.37 bits per heavy atom. The van der Waals surface area contributed by atoms with Gasteiger partial charge in [0.05, 0.1) is 6.54 Å². The molecule has 1 N–H and O–H groups in total. The summed E-state index contributed by atoms with van der Waals surface area (Å²) in [6.07, 6.45) is 5.49. The minimum Gasteiger partial charge on any atom is -0.380 e. The molecule has 4 heteroatoms. The molecule has 0 atom stereocenters. The van der Waals surface area contributed by atoms with Crippen molar-refractivity contribution in [3.05, 3.63) is 44.9 Å². The molecule has 1 aromatic heterocycles. The lowest BCUT2D eigenvalue weighted by atomic mass is 10.0. The van der Waals surface area contributed by atoms with Gasteiger partial charge in [0.15, 0.2) is 4.47 Å². The van der Waals surface area contributed by atoms with Gasteiger partial charge in [-0.2, -0.15) is 0 Å². The first-order chi connectivity index (χ1) is 9.19. The number of thiazole rings is 1. The maximum absolute atomic E-state index is 5.82. The number of anilines is 1. The van der Waals surface area contributed by atoms with Crippen LogP contribution < -0.4 is 5.32 Å². The van der Waals surface area contributed by atoms with Gasteiger partial charge in [0.1, 0.15) is 0 Å². The van der Waals surface area contributed by atoms with Crippen LogP contribution >= 0.6 is 22.9 Å². The minimum atomic E-state index is 0.600. The second-order valence-electron chi connectivity index (χ2n) is 4.69. The molecule has 2 nitrogen and oxygen atoms in total. The van der Waals surface area contributed by atoms with Gasteiger partial charge in [-0.3, -0.25) is 0 Å². The van der Waals surface area contributed by atoms with Gasteiger partial charge in [0.25, 0.3) is 0 Å². The number of aryl methyl sites for hydroxylation is 2. The van der Waals surface area contributed by atoms with Crippen LogP contribution in [0.4, 0.5) is 5.69 Å². The third-order valence-electron chi connectivity index (χ3n) is 3.09. The van der Waals surface area contributed by atoms with Crippen molar-refractivity contribution in [2.24, 2.45) is 0 Å². The van der Waals surface area contributed by atoms with Gasteiger partial charge in [-0.05, 0) is 37.0 Å². The molecule has 0 fully saturated rings. The molecule has 1 aromatic carbocycles. The van der Waals surface area contributed by atoms with Crippen LogP contribution in [-0.2, 0) is 13.0 Å². The summed E-state index contributed by atoms with van der Waals surface area (Å²) in [7, 11) is 0. The number of benzene rings is 1. The van der Waals surface area contributed by atoms with E-state index >= 15 is 0 Å². The number of unbranched alkanes of at least 4 members (excludes halogenated alkanes) is 1. The van der Waals surface area contributed by atoms with Crippen molar-refractivity contribution < 1.29 is 0 Å². The summed E-state index contributed by atoms with van der Waals surface area (Å²) < 4.78 is 0.600. The number of rotatable bonds is 6. The number of hydrogen-bond donors (Lipinski definition) is 1. The summed E-state index contributed by atoms with van der Waals surface area (Å²) in [5.41, 5.74) is 3.90. The summed E-state index contributed by atoms with van der Waals surface area (Å²) in [6, 6.07) is 6.66. The molecule has 1 heterocycles. The Bertz CT molecular complexity index is 537. The van der Waals surface area contributed by atoms with Crippen LogP contribution in [0.1, 0.15) is 35.8 Å². The standard InChI is InChI=1S/C15H19ClN2S/c1-3-4-5-12-6-7-14(11(2)8-12)17-9-13-10-18-15(16)19-13/h6-8,10,17H,3-5,9H2,1-2H3. The molecule has 0 aliphatic carbocycles. The highest BCUT2D eigenvalue weighted by Crippen LogP contribution is 2.21. The Labute approximate surface area is 123 Å². The second-order valence-corrected chi connectivity index (χ2v) is 6.38. The Kier molecular flexibility index (Phi) is 5.23. The molecule has 0 saturated carbocycles. The van der Waals surface area contributed by atoms with Crippen LogP contribution in [0.5, 0.6) is 0 Å². The van der Waals surface area contributed by atoms with Gasteiger partial charge < -0.3 is 5.32 Å². The van der Waals surface area contributed by atoms with Crippen molar-refractivity contribution in [1.82, 2.24) is 4.98 Å². The van der Waals surface area contributed by atoms with E-state index in [0.29, 0.717) is 4.47 Å². The lowest BCUT2D eigenvalue weighted by Gasteiger charge is -2.10. The van der Waals surface area contributed by atoms with Gasteiger partial charge >= 0.3 is 0 Å². The van der Waals surface area contributed by atoms with E-state index in [1.165, 1.54) is 47.4 Å². The molecule has 2 rings (SSSR count). The topological polar surface area (TPSA) is 24.9 Å². The minimum absolute atomic E-state index is 0.600. The highest BCUT2D eigenvalue weighted by atomic mass is 35.5. The monoisotopic (exact) mass is 294 g/mol. The van der Waals surface area contributed by atoms with E-state index in [4.69, 9.17) is 11.6 Å². The Hall–Kier alpha value is -1.06. The lowest BCUT2D eigenvalue weighted by Crippen LogP contribution is -2.00. The van der Waals surface area contributed by atoms with Crippen LogP contribution in [0, 0.1) is 6.92 Å². The van der Waals surface area contributed by atoms with Crippen molar-refractivity contribution in [2.75, 3.05) is 5.32 Å². The fourth-order valence-electron chi connectivity index (χ4n) is 2.01. The molecule has 0 radical (unpaired) electrons. The summed E-state index contributed by atoms with van der Waals surface area (Å²) in [5.74, 6) is 0. The molecule has 0 amide bonds. The van der Waals surface area contributed by atoms with Gasteiger partial charge in [-0.15, -0.1) is 11.3 Å². The maximum atomic E-state index is 5.82. The average Bonchev–Trinajstić information content (AvgIpc) is 2.81. The van der Waals surface area contributed by atoms with Gasteiger partial charge in [-0.1, -0.05) is 37.1 Å². The van der Waals surface area contributed by atoms with E-state index in [0.717, 1.165) is 11.4 Å². The van der Waals surface area contributed by atoms with Crippen molar-refractivity contribution in [3.63, 3.8) is 0 Å². The first kappa shape index (κ1) is 14.4.